The first-order valence-electron chi connectivity index (χ1n) is 4.33. The quantitative estimate of drug-likeness (QED) is 0.466. The van der Waals surface area contributed by atoms with Gasteiger partial charge >= 0.3 is 5.97 Å². The number of carboxylic acids is 1. The molecule has 10 heavy (non-hydrogen) atoms. The lowest BCUT2D eigenvalue weighted by Gasteiger charge is -2.01. The third-order valence-corrected chi connectivity index (χ3v) is 0.617. The van der Waals surface area contributed by atoms with E-state index in [1.807, 2.05) is 0 Å². The van der Waals surface area contributed by atoms with Gasteiger partial charge in [-0.25, -0.2) is 0 Å². The van der Waals surface area contributed by atoms with Crippen LogP contribution in [0.2, 0.25) is 0 Å². The highest BCUT2D eigenvalue weighted by molar-refractivity contribution is 5.76. The fourth-order valence-corrected chi connectivity index (χ4v) is 0.211. The Morgan fingerprint density at radius 3 is 2.50 bits per heavy atom. The first kappa shape index (κ1) is 3.92. The monoisotopic (exact) mass is 154 g/mol. The van der Waals surface area contributed by atoms with Gasteiger partial charge in [-0.2, -0.15) is 0 Å². The van der Waals surface area contributed by atoms with Gasteiger partial charge < -0.3 is 16.6 Å². The molecule has 0 aliphatic rings. The van der Waals surface area contributed by atoms with Gasteiger partial charge in [-0.3, -0.25) is 9.59 Å². The highest BCUT2D eigenvalue weighted by Crippen LogP contribution is 1.92. The average Bonchev–Trinajstić information content (AvgIpc) is 2.01. The second-order valence-corrected chi connectivity index (χ2v) is 1.45. The number of hydrogen-bond donors (Lipinski definition) is 3. The van der Waals surface area contributed by atoms with Crippen LogP contribution in [-0.2, 0) is 9.59 Å². The molecule has 5 heteroatoms. The Morgan fingerprint density at radius 1 is 1.70 bits per heavy atom. The van der Waals surface area contributed by atoms with E-state index in [0.29, 0.717) is 0 Å². The maximum absolute atomic E-state index is 10.6. The van der Waals surface area contributed by atoms with Crippen molar-refractivity contribution in [2.24, 2.45) is 11.5 Å². The van der Waals surface area contributed by atoms with Crippen molar-refractivity contribution >= 4 is 11.9 Å². The van der Waals surface area contributed by atoms with Crippen LogP contribution in [0.4, 0.5) is 0 Å². The molecular formula is C5H10N2O3. The van der Waals surface area contributed by atoms with Gasteiger partial charge in [-0.1, -0.05) is 0 Å². The smallest absolute Gasteiger partial charge is 0.320 e. The molecule has 1 atom stereocenters. The topological polar surface area (TPSA) is 106 Å². The molecule has 0 bridgehead atoms. The lowest BCUT2D eigenvalue weighted by atomic mass is 10.2. The summed E-state index contributed by atoms with van der Waals surface area (Å²) in [6, 6.07) is -2.16. The Labute approximate surface area is 63.6 Å². The van der Waals surface area contributed by atoms with Crippen molar-refractivity contribution in [3.05, 3.63) is 0 Å². The van der Waals surface area contributed by atoms with Crippen LogP contribution in [0, 0.1) is 0 Å². The van der Waals surface area contributed by atoms with Crippen molar-refractivity contribution in [2.45, 2.75) is 18.8 Å². The van der Waals surface area contributed by atoms with Gasteiger partial charge in [0.25, 0.3) is 0 Å². The maximum Gasteiger partial charge on any atom is 0.320 e. The Morgan fingerprint density at radius 2 is 2.20 bits per heavy atom. The molecule has 0 aromatic rings. The summed E-state index contributed by atoms with van der Waals surface area (Å²) in [4.78, 5) is 20.9. The molecule has 5 N–H and O–H groups in total. The zero-order chi connectivity index (χ0) is 11.7. The van der Waals surface area contributed by atoms with Crippen LogP contribution in [0.3, 0.4) is 0 Å². The molecule has 0 saturated heterocycles. The lowest BCUT2D eigenvalue weighted by Crippen LogP contribution is -2.31. The Balaban J connectivity index is 5.13. The van der Waals surface area contributed by atoms with Gasteiger partial charge in [0.15, 0.2) is 0 Å². The molecule has 5 nitrogen and oxygen atoms in total. The van der Waals surface area contributed by atoms with Crippen LogP contribution < -0.4 is 11.5 Å². The van der Waals surface area contributed by atoms with Crippen LogP contribution in [0.25, 0.3) is 0 Å². The number of carboxylic acid groups (broad SMARTS) is 1. The SMILES string of the molecule is [3H]C([3H])(C(N)=O)C([3H])([3H])[C@H](N)C(=O)O. The molecule has 0 spiro atoms. The van der Waals surface area contributed by atoms with Crippen LogP contribution in [0.5, 0.6) is 0 Å². The number of aliphatic carboxylic acids is 1. The van der Waals surface area contributed by atoms with Crippen molar-refractivity contribution in [2.75, 3.05) is 0 Å². The van der Waals surface area contributed by atoms with Gasteiger partial charge in [0.05, 0.1) is 0 Å². The molecule has 0 saturated carbocycles. The fraction of sp³-hybridized carbons (Fsp3) is 0.600. The number of carbonyl (C=O) groups excluding carboxylic acids is 1. The summed E-state index contributed by atoms with van der Waals surface area (Å²) in [5.74, 6) is -3.35. The minimum atomic E-state index is -3.13. The predicted molar refractivity (Wildman–Crippen MR) is 34.0 cm³/mol. The molecule has 0 heterocycles. The van der Waals surface area contributed by atoms with E-state index in [1.165, 1.54) is 0 Å². The van der Waals surface area contributed by atoms with Crippen LogP contribution in [-0.4, -0.2) is 23.0 Å². The summed E-state index contributed by atoms with van der Waals surface area (Å²) < 4.78 is 28.1. The number of rotatable bonds is 4. The number of amides is 1. The molecule has 0 aliphatic heterocycles. The molecule has 0 aromatic carbocycles. The number of nitrogens with two attached hydrogens (primary N) is 2. The van der Waals surface area contributed by atoms with Crippen LogP contribution in [0.15, 0.2) is 0 Å². The number of carbonyl (C=O) groups is 2. The largest absolute Gasteiger partial charge is 0.480 e. The second-order valence-electron chi connectivity index (χ2n) is 1.45. The molecule has 0 unspecified atom stereocenters. The predicted octanol–water partition coefficient (Wildman–Crippen LogP) is -1.34. The van der Waals surface area contributed by atoms with E-state index in [2.05, 4.69) is 5.73 Å². The van der Waals surface area contributed by atoms with E-state index in [4.69, 9.17) is 16.3 Å². The molecule has 0 fully saturated rings. The standard InChI is InChI=1S/C5H10N2O3/c6-3(5(9)10)1-2-4(7)8/h3H,1-2,6H2,(H2,7,8)(H,9,10)/t3-/m0/s1/i1T2,2T2. The maximum atomic E-state index is 10.6. The van der Waals surface area contributed by atoms with Gasteiger partial charge in [-0.05, 0) is 6.37 Å². The van der Waals surface area contributed by atoms with Crippen molar-refractivity contribution < 1.29 is 20.2 Å². The summed E-state index contributed by atoms with van der Waals surface area (Å²) in [6.45, 7) is 0. The molecule has 1 amide bonds. The summed E-state index contributed by atoms with van der Waals surface area (Å²) in [5.41, 5.74) is 9.49. The molecule has 0 aliphatic carbocycles. The Hall–Kier alpha value is -1.10. The van der Waals surface area contributed by atoms with Crippen molar-refractivity contribution in [3.63, 3.8) is 0 Å². The molecule has 0 aromatic heterocycles. The first-order valence-corrected chi connectivity index (χ1v) is 2.33. The van der Waals surface area contributed by atoms with E-state index >= 15 is 0 Å². The minimum absolute atomic E-state index is 1.60. The zero-order valence-electron chi connectivity index (χ0n) is 9.00. The van der Waals surface area contributed by atoms with E-state index in [-0.39, 0.29) is 0 Å². The highest BCUT2D eigenvalue weighted by Gasteiger charge is 2.11. The third kappa shape index (κ3) is 3.85. The fourth-order valence-electron chi connectivity index (χ4n) is 0.211. The van der Waals surface area contributed by atoms with Crippen LogP contribution in [0.1, 0.15) is 18.2 Å². The van der Waals surface area contributed by atoms with Crippen molar-refractivity contribution in [3.8, 4) is 0 Å². The van der Waals surface area contributed by atoms with Gasteiger partial charge in [-0.15, -0.1) is 0 Å². The summed E-state index contributed by atoms with van der Waals surface area (Å²) in [5, 5.41) is 8.38. The summed E-state index contributed by atoms with van der Waals surface area (Å²) in [6.07, 6.45) is -6.20. The molecular weight excluding hydrogens is 136 g/mol. The van der Waals surface area contributed by atoms with E-state index in [9.17, 15) is 9.59 Å². The lowest BCUT2D eigenvalue weighted by molar-refractivity contribution is -0.138. The summed E-state index contributed by atoms with van der Waals surface area (Å²) in [7, 11) is 0. The highest BCUT2D eigenvalue weighted by atomic mass is 16.4. The first-order chi connectivity index (χ1) is 6.05. The molecule has 0 rings (SSSR count). The Kier molecular flexibility index (Phi) is 1.51. The normalized spacial score (nSPS) is 21.3. The third-order valence-electron chi connectivity index (χ3n) is 0.617. The minimum Gasteiger partial charge on any atom is -0.480 e. The molecule has 0 radical (unpaired) electrons. The average molecular weight is 154 g/mol. The summed E-state index contributed by atoms with van der Waals surface area (Å²) >= 11 is 0. The zero-order valence-corrected chi connectivity index (χ0v) is 5.00. The van der Waals surface area contributed by atoms with Crippen molar-refractivity contribution in [1.82, 2.24) is 0 Å². The number of primary amides is 1. The van der Waals surface area contributed by atoms with Crippen LogP contribution >= 0.6 is 0 Å². The van der Waals surface area contributed by atoms with Gasteiger partial charge in [0.1, 0.15) is 6.04 Å². The second kappa shape index (κ2) is 3.84. The molecule has 58 valence electrons. The Bertz CT molecular complexity index is 268. The van der Waals surface area contributed by atoms with Gasteiger partial charge in [0.2, 0.25) is 5.91 Å². The number of hydrogen-bond acceptors (Lipinski definition) is 3. The van der Waals surface area contributed by atoms with Crippen molar-refractivity contribution in [1.29, 1.82) is 0 Å². The van der Waals surface area contributed by atoms with E-state index in [0.717, 1.165) is 0 Å². The van der Waals surface area contributed by atoms with Gasteiger partial charge in [0, 0.05) is 11.9 Å². The van der Waals surface area contributed by atoms with E-state index in [1.54, 1.807) is 0 Å². The van der Waals surface area contributed by atoms with E-state index < -0.39 is 30.7 Å².